The van der Waals surface area contributed by atoms with Crippen molar-refractivity contribution in [3.8, 4) is 39.9 Å². The highest BCUT2D eigenvalue weighted by atomic mass is 32.1. The third kappa shape index (κ3) is 4.50. The molecule has 0 bridgehead atoms. The van der Waals surface area contributed by atoms with Gasteiger partial charge < -0.3 is 4.57 Å². The summed E-state index contributed by atoms with van der Waals surface area (Å²) in [5.41, 5.74) is 6.49. The summed E-state index contributed by atoms with van der Waals surface area (Å²) in [4.78, 5) is 15.0. The van der Waals surface area contributed by atoms with E-state index in [1.165, 1.54) is 69.2 Å². The van der Waals surface area contributed by atoms with E-state index in [9.17, 15) is 0 Å². The van der Waals surface area contributed by atoms with Crippen molar-refractivity contribution in [2.45, 2.75) is 0 Å². The van der Waals surface area contributed by atoms with E-state index in [2.05, 4.69) is 114 Å². The second-order valence-corrected chi connectivity index (χ2v) is 14.3. The minimum Gasteiger partial charge on any atom is -0.308 e. The first-order chi connectivity index (χ1) is 25.8. The van der Waals surface area contributed by atoms with Gasteiger partial charge >= 0.3 is 0 Å². The van der Waals surface area contributed by atoms with Crippen molar-refractivity contribution in [1.82, 2.24) is 19.5 Å². The van der Waals surface area contributed by atoms with Gasteiger partial charge in [0, 0.05) is 42.9 Å². The first kappa shape index (κ1) is 29.1. The van der Waals surface area contributed by atoms with Gasteiger partial charge in [-0.25, -0.2) is 15.0 Å². The standard InChI is InChI=1S/C47H28N4S/c1-3-13-29(14-4-1)45-48-46(30-15-5-2-6-16-30)50-47(49-45)34-23-24-37-42(28-34)52-44-41(27-33-19-9-10-20-35(33)43(37)44)51-39-22-12-11-21-36(39)38-25-31-17-7-8-18-32(31)26-40(38)51/h1-28H. The predicted octanol–water partition coefficient (Wildman–Crippen LogP) is 12.6. The minimum absolute atomic E-state index is 0.659. The summed E-state index contributed by atoms with van der Waals surface area (Å²) in [7, 11) is 0. The molecule has 4 nitrogen and oxygen atoms in total. The van der Waals surface area contributed by atoms with Crippen molar-refractivity contribution in [1.29, 1.82) is 0 Å². The zero-order chi connectivity index (χ0) is 34.2. The molecule has 0 radical (unpaired) electrons. The van der Waals surface area contributed by atoms with Gasteiger partial charge in [0.1, 0.15) is 0 Å². The van der Waals surface area contributed by atoms with Crippen molar-refractivity contribution in [3.63, 3.8) is 0 Å². The molecule has 0 aliphatic carbocycles. The minimum atomic E-state index is 0.659. The Balaban J connectivity index is 1.19. The fourth-order valence-electron chi connectivity index (χ4n) is 7.77. The Morgan fingerprint density at radius 3 is 1.67 bits per heavy atom. The molecule has 0 saturated carbocycles. The number of hydrogen-bond donors (Lipinski definition) is 0. The van der Waals surface area contributed by atoms with E-state index in [0.717, 1.165) is 16.7 Å². The smallest absolute Gasteiger partial charge is 0.164 e. The molecule has 0 N–H and O–H groups in total. The average Bonchev–Trinajstić information content (AvgIpc) is 3.76. The SMILES string of the molecule is c1ccc(-c2nc(-c3ccccc3)nc(-c3ccc4c(c3)sc3c(-n5c6ccccc6c6cc7ccccc7cc65)cc5ccccc5c34)n2)cc1. The van der Waals surface area contributed by atoms with Crippen LogP contribution in [0.2, 0.25) is 0 Å². The van der Waals surface area contributed by atoms with Crippen molar-refractivity contribution < 1.29 is 0 Å². The first-order valence-electron chi connectivity index (χ1n) is 17.4. The van der Waals surface area contributed by atoms with E-state index in [1.54, 1.807) is 0 Å². The number of benzene rings is 8. The fourth-order valence-corrected chi connectivity index (χ4v) is 9.03. The summed E-state index contributed by atoms with van der Waals surface area (Å²) in [5, 5.41) is 9.98. The van der Waals surface area contributed by atoms with Gasteiger partial charge in [0.25, 0.3) is 0 Å². The van der Waals surface area contributed by atoms with Crippen LogP contribution in [0.3, 0.4) is 0 Å². The maximum Gasteiger partial charge on any atom is 0.164 e. The van der Waals surface area contributed by atoms with E-state index >= 15 is 0 Å². The topological polar surface area (TPSA) is 43.6 Å². The maximum absolute atomic E-state index is 5.04. The van der Waals surface area contributed by atoms with Gasteiger partial charge in [-0.1, -0.05) is 140 Å². The van der Waals surface area contributed by atoms with Crippen molar-refractivity contribution in [2.75, 3.05) is 0 Å². The summed E-state index contributed by atoms with van der Waals surface area (Å²) >= 11 is 1.84. The Morgan fingerprint density at radius 2 is 0.962 bits per heavy atom. The maximum atomic E-state index is 5.04. The molecule has 242 valence electrons. The predicted molar refractivity (Wildman–Crippen MR) is 218 cm³/mol. The van der Waals surface area contributed by atoms with Gasteiger partial charge in [0.15, 0.2) is 17.5 Å². The molecular weight excluding hydrogens is 653 g/mol. The van der Waals surface area contributed by atoms with Crippen LogP contribution in [0.5, 0.6) is 0 Å². The van der Waals surface area contributed by atoms with Crippen LogP contribution in [0.1, 0.15) is 0 Å². The molecule has 0 aliphatic rings. The zero-order valence-electron chi connectivity index (χ0n) is 27.9. The highest BCUT2D eigenvalue weighted by Crippen LogP contribution is 2.45. The van der Waals surface area contributed by atoms with Crippen LogP contribution in [0, 0.1) is 0 Å². The first-order valence-corrected chi connectivity index (χ1v) is 18.3. The normalized spacial score (nSPS) is 11.8. The molecule has 0 atom stereocenters. The largest absolute Gasteiger partial charge is 0.308 e. The Labute approximate surface area is 302 Å². The van der Waals surface area contributed by atoms with Gasteiger partial charge in [-0.3, -0.25) is 0 Å². The number of nitrogens with zero attached hydrogens (tertiary/aromatic N) is 4. The van der Waals surface area contributed by atoms with Gasteiger partial charge in [-0.15, -0.1) is 11.3 Å². The van der Waals surface area contributed by atoms with E-state index in [0.29, 0.717) is 17.5 Å². The summed E-state index contributed by atoms with van der Waals surface area (Å²) in [6, 6.07) is 60.3. The molecule has 0 aliphatic heterocycles. The van der Waals surface area contributed by atoms with Crippen LogP contribution in [0.15, 0.2) is 170 Å². The van der Waals surface area contributed by atoms with Gasteiger partial charge in [-0.2, -0.15) is 0 Å². The van der Waals surface area contributed by atoms with Crippen molar-refractivity contribution >= 4 is 74.9 Å². The zero-order valence-corrected chi connectivity index (χ0v) is 28.7. The van der Waals surface area contributed by atoms with Crippen molar-refractivity contribution in [3.05, 3.63) is 170 Å². The molecule has 3 heterocycles. The molecule has 0 amide bonds. The lowest BCUT2D eigenvalue weighted by atomic mass is 10.0. The highest BCUT2D eigenvalue weighted by Gasteiger charge is 2.20. The summed E-state index contributed by atoms with van der Waals surface area (Å²) in [5.74, 6) is 1.98. The lowest BCUT2D eigenvalue weighted by Gasteiger charge is -2.12. The van der Waals surface area contributed by atoms with Crippen LogP contribution < -0.4 is 0 Å². The van der Waals surface area contributed by atoms with Crippen LogP contribution in [-0.2, 0) is 0 Å². The second-order valence-electron chi connectivity index (χ2n) is 13.2. The molecule has 52 heavy (non-hydrogen) atoms. The average molecular weight is 681 g/mol. The molecule has 11 rings (SSSR count). The van der Waals surface area contributed by atoms with Crippen LogP contribution in [0.25, 0.3) is 103 Å². The fraction of sp³-hybridized carbons (Fsp3) is 0. The summed E-state index contributed by atoms with van der Waals surface area (Å²) < 4.78 is 4.93. The quantitative estimate of drug-likeness (QED) is 0.186. The number of thiophene rings is 1. The monoisotopic (exact) mass is 680 g/mol. The molecule has 3 aromatic heterocycles. The molecule has 0 spiro atoms. The Kier molecular flexibility index (Phi) is 6.39. The Morgan fingerprint density at radius 1 is 0.385 bits per heavy atom. The molecule has 8 aromatic carbocycles. The van der Waals surface area contributed by atoms with E-state index in [4.69, 9.17) is 15.0 Å². The van der Waals surface area contributed by atoms with Crippen LogP contribution in [0.4, 0.5) is 0 Å². The number of fused-ring (bicyclic) bond motifs is 9. The highest BCUT2D eigenvalue weighted by molar-refractivity contribution is 7.26. The Hall–Kier alpha value is -6.69. The summed E-state index contributed by atoms with van der Waals surface area (Å²) in [6.45, 7) is 0. The van der Waals surface area contributed by atoms with Gasteiger partial charge in [0.05, 0.1) is 21.4 Å². The Bertz CT molecular complexity index is 3120. The number of aromatic nitrogens is 4. The molecular formula is C47H28N4S. The third-order valence-electron chi connectivity index (χ3n) is 10.2. The molecule has 0 unspecified atom stereocenters. The molecule has 0 fully saturated rings. The van der Waals surface area contributed by atoms with E-state index in [-0.39, 0.29) is 0 Å². The lowest BCUT2D eigenvalue weighted by Crippen LogP contribution is -1.99. The number of para-hydroxylation sites is 1. The van der Waals surface area contributed by atoms with Crippen molar-refractivity contribution in [2.24, 2.45) is 0 Å². The third-order valence-corrected chi connectivity index (χ3v) is 11.4. The number of hydrogen-bond acceptors (Lipinski definition) is 4. The molecule has 5 heteroatoms. The van der Waals surface area contributed by atoms with Gasteiger partial charge in [0.2, 0.25) is 0 Å². The molecule has 0 saturated heterocycles. The van der Waals surface area contributed by atoms with E-state index < -0.39 is 0 Å². The second kappa shape index (κ2) is 11.4. The lowest BCUT2D eigenvalue weighted by molar-refractivity contribution is 1.07. The van der Waals surface area contributed by atoms with Crippen LogP contribution >= 0.6 is 11.3 Å². The van der Waals surface area contributed by atoms with Gasteiger partial charge in [-0.05, 0) is 51.9 Å². The van der Waals surface area contributed by atoms with E-state index in [1.807, 2.05) is 72.0 Å². The number of rotatable bonds is 4. The summed E-state index contributed by atoms with van der Waals surface area (Å²) in [6.07, 6.45) is 0. The molecule has 11 aromatic rings. The van der Waals surface area contributed by atoms with Crippen LogP contribution in [-0.4, -0.2) is 19.5 Å².